The summed E-state index contributed by atoms with van der Waals surface area (Å²) in [4.78, 5) is 6.90. The van der Waals surface area contributed by atoms with E-state index in [1.807, 2.05) is 18.2 Å². The minimum atomic E-state index is 0. The Morgan fingerprint density at radius 1 is 1.24 bits per heavy atom. The third kappa shape index (κ3) is 6.22. The Balaban J connectivity index is 0.00000225. The lowest BCUT2D eigenvalue weighted by atomic mass is 9.99. The Hall–Kier alpha value is -1.22. The van der Waals surface area contributed by atoms with E-state index in [4.69, 9.17) is 15.2 Å². The SMILES string of the molecule is CC1CCN(CCN=C(N)Nc2ccc3c(c2)OCCCO3)CC1.I. The van der Waals surface area contributed by atoms with E-state index < -0.39 is 0 Å². The van der Waals surface area contributed by atoms with Crippen LogP contribution in [0.1, 0.15) is 26.2 Å². The average molecular weight is 460 g/mol. The summed E-state index contributed by atoms with van der Waals surface area (Å²) in [5.41, 5.74) is 6.87. The molecule has 1 fully saturated rings. The number of nitrogens with two attached hydrogens (primary N) is 1. The van der Waals surface area contributed by atoms with Crippen molar-refractivity contribution in [2.24, 2.45) is 16.6 Å². The number of halogens is 1. The van der Waals surface area contributed by atoms with Crippen LogP contribution in [0.25, 0.3) is 0 Å². The van der Waals surface area contributed by atoms with Crippen molar-refractivity contribution in [3.8, 4) is 11.5 Å². The lowest BCUT2D eigenvalue weighted by Gasteiger charge is -2.29. The van der Waals surface area contributed by atoms with Gasteiger partial charge in [-0.2, -0.15) is 0 Å². The number of nitrogens with zero attached hydrogens (tertiary/aromatic N) is 2. The van der Waals surface area contributed by atoms with E-state index in [0.717, 1.165) is 42.6 Å². The van der Waals surface area contributed by atoms with Gasteiger partial charge in [0.05, 0.1) is 19.8 Å². The summed E-state index contributed by atoms with van der Waals surface area (Å²) in [7, 11) is 0. The molecule has 0 saturated carbocycles. The summed E-state index contributed by atoms with van der Waals surface area (Å²) in [6.45, 7) is 7.73. The highest BCUT2D eigenvalue weighted by atomic mass is 127. The fraction of sp³-hybridized carbons (Fsp3) is 0.611. The molecule has 0 unspecified atom stereocenters. The molecule has 1 aromatic rings. The van der Waals surface area contributed by atoms with E-state index in [2.05, 4.69) is 22.1 Å². The van der Waals surface area contributed by atoms with Crippen molar-refractivity contribution in [2.45, 2.75) is 26.2 Å². The lowest BCUT2D eigenvalue weighted by Crippen LogP contribution is -2.35. The number of aliphatic imine (C=N–C) groups is 1. The monoisotopic (exact) mass is 460 g/mol. The first-order valence-corrected chi connectivity index (χ1v) is 8.89. The van der Waals surface area contributed by atoms with Crippen molar-refractivity contribution >= 4 is 35.6 Å². The average Bonchev–Trinajstić information content (AvgIpc) is 2.81. The number of guanidine groups is 1. The minimum absolute atomic E-state index is 0. The van der Waals surface area contributed by atoms with Crippen LogP contribution in [0.5, 0.6) is 11.5 Å². The number of benzene rings is 1. The van der Waals surface area contributed by atoms with Gasteiger partial charge in [-0.25, -0.2) is 0 Å². The molecule has 3 N–H and O–H groups in total. The molecule has 0 atom stereocenters. The first kappa shape index (κ1) is 20.1. The molecule has 0 amide bonds. The normalized spacial score (nSPS) is 19.0. The van der Waals surface area contributed by atoms with Crippen LogP contribution < -0.4 is 20.5 Å². The fourth-order valence-electron chi connectivity index (χ4n) is 3.03. The summed E-state index contributed by atoms with van der Waals surface area (Å²) in [5.74, 6) is 2.84. The molecule has 0 radical (unpaired) electrons. The van der Waals surface area contributed by atoms with Crippen LogP contribution in [0, 0.1) is 5.92 Å². The van der Waals surface area contributed by atoms with Crippen molar-refractivity contribution in [3.05, 3.63) is 18.2 Å². The molecule has 140 valence electrons. The molecule has 0 spiro atoms. The van der Waals surface area contributed by atoms with Crippen molar-refractivity contribution in [3.63, 3.8) is 0 Å². The number of fused-ring (bicyclic) bond motifs is 1. The Morgan fingerprint density at radius 2 is 1.96 bits per heavy atom. The zero-order valence-electron chi connectivity index (χ0n) is 14.9. The van der Waals surface area contributed by atoms with E-state index in [1.165, 1.54) is 25.9 Å². The number of piperidine rings is 1. The molecule has 0 aliphatic carbocycles. The van der Waals surface area contributed by atoms with Gasteiger partial charge in [0.1, 0.15) is 0 Å². The molecule has 0 bridgehead atoms. The maximum Gasteiger partial charge on any atom is 0.193 e. The molecular formula is C18H29IN4O2. The van der Waals surface area contributed by atoms with Gasteiger partial charge in [-0.3, -0.25) is 4.99 Å². The smallest absolute Gasteiger partial charge is 0.193 e. The predicted octanol–water partition coefficient (Wildman–Crippen LogP) is 2.92. The fourth-order valence-corrected chi connectivity index (χ4v) is 3.03. The first-order valence-electron chi connectivity index (χ1n) is 8.89. The largest absolute Gasteiger partial charge is 0.490 e. The maximum atomic E-state index is 6.00. The second kappa shape index (κ2) is 10.1. The van der Waals surface area contributed by atoms with E-state index in [9.17, 15) is 0 Å². The van der Waals surface area contributed by atoms with E-state index >= 15 is 0 Å². The molecule has 0 aromatic heterocycles. The Labute approximate surface area is 167 Å². The Morgan fingerprint density at radius 3 is 2.72 bits per heavy atom. The third-order valence-electron chi connectivity index (χ3n) is 4.59. The summed E-state index contributed by atoms with van der Waals surface area (Å²) < 4.78 is 11.3. The number of hydrogen-bond donors (Lipinski definition) is 2. The molecule has 25 heavy (non-hydrogen) atoms. The number of nitrogens with one attached hydrogen (secondary N) is 1. The molecule has 1 aromatic carbocycles. The van der Waals surface area contributed by atoms with Gasteiger partial charge in [0.15, 0.2) is 17.5 Å². The Bertz CT molecular complexity index is 574. The van der Waals surface area contributed by atoms with Crippen LogP contribution in [-0.4, -0.2) is 50.3 Å². The van der Waals surface area contributed by atoms with Crippen LogP contribution in [0.4, 0.5) is 5.69 Å². The molecular weight excluding hydrogens is 431 g/mol. The van der Waals surface area contributed by atoms with Crippen molar-refractivity contribution in [2.75, 3.05) is 44.7 Å². The van der Waals surface area contributed by atoms with E-state index in [1.54, 1.807) is 0 Å². The Kier molecular flexibility index (Phi) is 8.08. The summed E-state index contributed by atoms with van der Waals surface area (Å²) in [6, 6.07) is 5.75. The van der Waals surface area contributed by atoms with E-state index in [-0.39, 0.29) is 24.0 Å². The standard InChI is InChI=1S/C18H28N4O2.HI/c1-14-5-8-22(9-6-14)10-7-20-18(19)21-15-3-4-16-17(13-15)24-12-2-11-23-16;/h3-4,13-14H,2,5-12H2,1H3,(H3,19,20,21);1H. The zero-order valence-corrected chi connectivity index (χ0v) is 17.2. The van der Waals surface area contributed by atoms with Crippen LogP contribution >= 0.6 is 24.0 Å². The zero-order chi connectivity index (χ0) is 16.8. The summed E-state index contributed by atoms with van der Waals surface area (Å²) >= 11 is 0. The van der Waals surface area contributed by atoms with Gasteiger partial charge in [-0.05, 0) is 44.0 Å². The van der Waals surface area contributed by atoms with Crippen LogP contribution in [0.2, 0.25) is 0 Å². The van der Waals surface area contributed by atoms with Gasteiger partial charge in [0.25, 0.3) is 0 Å². The van der Waals surface area contributed by atoms with Crippen molar-refractivity contribution < 1.29 is 9.47 Å². The first-order chi connectivity index (χ1) is 11.7. The van der Waals surface area contributed by atoms with Gasteiger partial charge in [0.2, 0.25) is 0 Å². The topological polar surface area (TPSA) is 72.1 Å². The van der Waals surface area contributed by atoms with Crippen LogP contribution in [0.3, 0.4) is 0 Å². The molecule has 2 heterocycles. The summed E-state index contributed by atoms with van der Waals surface area (Å²) in [5, 5.41) is 3.13. The third-order valence-corrected chi connectivity index (χ3v) is 4.59. The van der Waals surface area contributed by atoms with Gasteiger partial charge < -0.3 is 25.4 Å². The lowest BCUT2D eigenvalue weighted by molar-refractivity contribution is 0.197. The maximum absolute atomic E-state index is 6.00. The van der Waals surface area contributed by atoms with Crippen LogP contribution in [0.15, 0.2) is 23.2 Å². The molecule has 2 aliphatic heterocycles. The van der Waals surface area contributed by atoms with Gasteiger partial charge in [-0.1, -0.05) is 6.92 Å². The highest BCUT2D eigenvalue weighted by Crippen LogP contribution is 2.32. The molecule has 6 nitrogen and oxygen atoms in total. The van der Waals surface area contributed by atoms with Crippen molar-refractivity contribution in [1.29, 1.82) is 0 Å². The summed E-state index contributed by atoms with van der Waals surface area (Å²) in [6.07, 6.45) is 3.47. The second-order valence-corrected chi connectivity index (χ2v) is 6.63. The highest BCUT2D eigenvalue weighted by Gasteiger charge is 2.15. The molecule has 7 heteroatoms. The minimum Gasteiger partial charge on any atom is -0.490 e. The number of likely N-dealkylation sites (tertiary alicyclic amines) is 1. The molecule has 3 rings (SSSR count). The number of ether oxygens (including phenoxy) is 2. The molecule has 2 aliphatic rings. The number of anilines is 1. The second-order valence-electron chi connectivity index (χ2n) is 6.63. The predicted molar refractivity (Wildman–Crippen MR) is 112 cm³/mol. The number of rotatable bonds is 4. The van der Waals surface area contributed by atoms with Gasteiger partial charge >= 0.3 is 0 Å². The van der Waals surface area contributed by atoms with E-state index in [0.29, 0.717) is 19.2 Å². The quantitative estimate of drug-likeness (QED) is 0.411. The van der Waals surface area contributed by atoms with Crippen molar-refractivity contribution in [1.82, 2.24) is 4.90 Å². The van der Waals surface area contributed by atoms with Crippen LogP contribution in [-0.2, 0) is 0 Å². The number of hydrogen-bond acceptors (Lipinski definition) is 4. The van der Waals surface area contributed by atoms with Gasteiger partial charge in [-0.15, -0.1) is 24.0 Å². The van der Waals surface area contributed by atoms with Gasteiger partial charge in [0, 0.05) is 24.7 Å². The highest BCUT2D eigenvalue weighted by molar-refractivity contribution is 14.0. The molecule has 1 saturated heterocycles.